The van der Waals surface area contributed by atoms with E-state index in [1.54, 1.807) is 17.0 Å². The molecule has 3 rings (SSSR count). The molecule has 1 aliphatic rings. The van der Waals surface area contributed by atoms with E-state index >= 15 is 0 Å². The van der Waals surface area contributed by atoms with Crippen molar-refractivity contribution in [3.63, 3.8) is 0 Å². The number of nitrogens with zero attached hydrogens (tertiary/aromatic N) is 1. The minimum Gasteiger partial charge on any atom is -0.495 e. The first kappa shape index (κ1) is 21.6. The van der Waals surface area contributed by atoms with E-state index in [0.29, 0.717) is 16.5 Å². The first-order valence-corrected chi connectivity index (χ1v) is 9.84. The topological polar surface area (TPSA) is 84.9 Å². The van der Waals surface area contributed by atoms with E-state index < -0.39 is 24.4 Å². The van der Waals surface area contributed by atoms with Gasteiger partial charge in [-0.15, -0.1) is 0 Å². The van der Waals surface area contributed by atoms with Crippen molar-refractivity contribution in [3.8, 4) is 5.75 Å². The summed E-state index contributed by atoms with van der Waals surface area (Å²) < 4.78 is 10.3. The highest BCUT2D eigenvalue weighted by Gasteiger charge is 2.37. The number of hydrogen-bond donors (Lipinski definition) is 1. The quantitative estimate of drug-likeness (QED) is 0.709. The fourth-order valence-corrected chi connectivity index (χ4v) is 3.52. The van der Waals surface area contributed by atoms with Crippen LogP contribution in [-0.2, 0) is 19.1 Å². The number of esters is 1. The molecule has 1 heterocycles. The van der Waals surface area contributed by atoms with Gasteiger partial charge in [-0.25, -0.2) is 0 Å². The maximum absolute atomic E-state index is 12.4. The molecule has 7 nitrogen and oxygen atoms in total. The summed E-state index contributed by atoms with van der Waals surface area (Å²) in [6, 6.07) is 10.5. The van der Waals surface area contributed by atoms with E-state index in [1.807, 2.05) is 32.0 Å². The lowest BCUT2D eigenvalue weighted by Gasteiger charge is -2.20. The lowest BCUT2D eigenvalue weighted by Crippen LogP contribution is -2.28. The fraction of sp³-hybridized carbons (Fsp3) is 0.318. The SMILES string of the molecule is COc1ccc(Cl)cc1NC(=O)COC(=O)[C@@H]1CC(=O)N(c2cccc(C)c2C)C1. The van der Waals surface area contributed by atoms with Gasteiger partial charge in [0.25, 0.3) is 5.91 Å². The third kappa shape index (κ3) is 4.74. The van der Waals surface area contributed by atoms with Gasteiger partial charge in [0.2, 0.25) is 5.91 Å². The van der Waals surface area contributed by atoms with Crippen LogP contribution in [0.5, 0.6) is 5.75 Å². The standard InChI is InChI=1S/C22H23ClN2O5/c1-13-5-4-6-18(14(13)2)25-11-15(9-21(25)27)22(28)30-12-20(26)24-17-10-16(23)7-8-19(17)29-3/h4-8,10,15H,9,11-12H2,1-3H3,(H,24,26)/t15-/m1/s1. The molecule has 1 atom stereocenters. The zero-order chi connectivity index (χ0) is 21.8. The third-order valence-electron chi connectivity index (χ3n) is 5.11. The lowest BCUT2D eigenvalue weighted by molar-refractivity contribution is -0.151. The van der Waals surface area contributed by atoms with Crippen molar-refractivity contribution in [3.05, 3.63) is 52.5 Å². The Morgan fingerprint density at radius 1 is 1.23 bits per heavy atom. The minimum atomic E-state index is -0.620. The van der Waals surface area contributed by atoms with Gasteiger partial charge >= 0.3 is 5.97 Å². The van der Waals surface area contributed by atoms with E-state index in [2.05, 4.69) is 5.32 Å². The molecule has 158 valence electrons. The normalized spacial score (nSPS) is 15.8. The Kier molecular flexibility index (Phi) is 6.62. The van der Waals surface area contributed by atoms with Gasteiger partial charge in [-0.1, -0.05) is 23.7 Å². The van der Waals surface area contributed by atoms with E-state index in [-0.39, 0.29) is 18.9 Å². The number of anilines is 2. The van der Waals surface area contributed by atoms with Crippen LogP contribution in [0.2, 0.25) is 5.02 Å². The number of benzene rings is 2. The maximum Gasteiger partial charge on any atom is 0.311 e. The van der Waals surface area contributed by atoms with Crippen molar-refractivity contribution in [2.75, 3.05) is 30.5 Å². The number of aryl methyl sites for hydroxylation is 1. The summed E-state index contributed by atoms with van der Waals surface area (Å²) in [5.41, 5.74) is 3.23. The maximum atomic E-state index is 12.4. The van der Waals surface area contributed by atoms with Crippen LogP contribution in [0.4, 0.5) is 11.4 Å². The highest BCUT2D eigenvalue weighted by atomic mass is 35.5. The third-order valence-corrected chi connectivity index (χ3v) is 5.34. The number of halogens is 1. The average molecular weight is 431 g/mol. The second kappa shape index (κ2) is 9.17. The van der Waals surface area contributed by atoms with Crippen molar-refractivity contribution in [1.82, 2.24) is 0 Å². The Morgan fingerprint density at radius 3 is 2.73 bits per heavy atom. The van der Waals surface area contributed by atoms with Crippen LogP contribution in [0, 0.1) is 19.8 Å². The van der Waals surface area contributed by atoms with Gasteiger partial charge in [-0.05, 0) is 49.2 Å². The molecule has 1 N–H and O–H groups in total. The van der Waals surface area contributed by atoms with Crippen molar-refractivity contribution in [2.45, 2.75) is 20.3 Å². The van der Waals surface area contributed by atoms with Crippen LogP contribution < -0.4 is 15.0 Å². The Labute approximate surface area is 179 Å². The highest BCUT2D eigenvalue weighted by molar-refractivity contribution is 6.31. The number of nitrogens with one attached hydrogen (secondary N) is 1. The molecule has 1 fully saturated rings. The Hall–Kier alpha value is -3.06. The van der Waals surface area contributed by atoms with E-state index in [4.69, 9.17) is 21.1 Å². The van der Waals surface area contributed by atoms with E-state index in [1.165, 1.54) is 13.2 Å². The molecule has 8 heteroatoms. The minimum absolute atomic E-state index is 0.0515. The monoisotopic (exact) mass is 430 g/mol. The smallest absolute Gasteiger partial charge is 0.311 e. The molecule has 2 aromatic carbocycles. The van der Waals surface area contributed by atoms with Gasteiger partial charge in [0, 0.05) is 23.7 Å². The van der Waals surface area contributed by atoms with Gasteiger partial charge in [0.05, 0.1) is 18.7 Å². The number of carbonyl (C=O) groups excluding carboxylic acids is 3. The Morgan fingerprint density at radius 2 is 2.00 bits per heavy atom. The van der Waals surface area contributed by atoms with Gasteiger partial charge in [0.1, 0.15) is 5.75 Å². The average Bonchev–Trinajstić information content (AvgIpc) is 3.10. The second-order valence-corrected chi connectivity index (χ2v) is 7.56. The van der Waals surface area contributed by atoms with Crippen LogP contribution in [0.1, 0.15) is 17.5 Å². The van der Waals surface area contributed by atoms with Crippen LogP contribution in [-0.4, -0.2) is 38.0 Å². The Bertz CT molecular complexity index is 991. The predicted molar refractivity (Wildman–Crippen MR) is 114 cm³/mol. The lowest BCUT2D eigenvalue weighted by atomic mass is 10.1. The van der Waals surface area contributed by atoms with E-state index in [9.17, 15) is 14.4 Å². The molecule has 30 heavy (non-hydrogen) atoms. The molecule has 0 unspecified atom stereocenters. The number of ether oxygens (including phenoxy) is 2. The first-order chi connectivity index (χ1) is 14.3. The van der Waals surface area contributed by atoms with Crippen LogP contribution in [0.25, 0.3) is 0 Å². The largest absolute Gasteiger partial charge is 0.495 e. The molecule has 0 bridgehead atoms. The summed E-state index contributed by atoms with van der Waals surface area (Å²) in [6.07, 6.45) is 0.0515. The molecule has 0 radical (unpaired) electrons. The summed E-state index contributed by atoms with van der Waals surface area (Å²) in [5, 5.41) is 3.03. The van der Waals surface area contributed by atoms with Crippen molar-refractivity contribution >= 4 is 40.8 Å². The number of methoxy groups -OCH3 is 1. The van der Waals surface area contributed by atoms with Gasteiger partial charge < -0.3 is 19.7 Å². The molecule has 1 aliphatic heterocycles. The number of rotatable bonds is 6. The van der Waals surface area contributed by atoms with Gasteiger partial charge in [-0.2, -0.15) is 0 Å². The van der Waals surface area contributed by atoms with E-state index in [0.717, 1.165) is 16.8 Å². The molecule has 1 saturated heterocycles. The van der Waals surface area contributed by atoms with Gasteiger partial charge in [0.15, 0.2) is 6.61 Å². The van der Waals surface area contributed by atoms with Crippen molar-refractivity contribution in [1.29, 1.82) is 0 Å². The number of amides is 2. The molecule has 0 saturated carbocycles. The zero-order valence-electron chi connectivity index (χ0n) is 17.0. The second-order valence-electron chi connectivity index (χ2n) is 7.12. The summed E-state index contributed by atoms with van der Waals surface area (Å²) in [5.74, 6) is -1.43. The summed E-state index contributed by atoms with van der Waals surface area (Å²) in [7, 11) is 1.47. The molecule has 0 aromatic heterocycles. The zero-order valence-corrected chi connectivity index (χ0v) is 17.8. The summed E-state index contributed by atoms with van der Waals surface area (Å²) in [6.45, 7) is 3.67. The van der Waals surface area contributed by atoms with Crippen LogP contribution >= 0.6 is 11.6 Å². The molecular weight excluding hydrogens is 408 g/mol. The molecule has 0 aliphatic carbocycles. The highest BCUT2D eigenvalue weighted by Crippen LogP contribution is 2.30. The molecular formula is C22H23ClN2O5. The molecule has 0 spiro atoms. The number of hydrogen-bond acceptors (Lipinski definition) is 5. The molecule has 2 aromatic rings. The van der Waals surface area contributed by atoms with Gasteiger partial charge in [-0.3, -0.25) is 14.4 Å². The molecule has 2 amide bonds. The first-order valence-electron chi connectivity index (χ1n) is 9.46. The van der Waals surface area contributed by atoms with Crippen LogP contribution in [0.15, 0.2) is 36.4 Å². The predicted octanol–water partition coefficient (Wildman–Crippen LogP) is 3.50. The van der Waals surface area contributed by atoms with Crippen molar-refractivity contribution < 1.29 is 23.9 Å². The Balaban J connectivity index is 1.58. The summed E-state index contributed by atoms with van der Waals surface area (Å²) in [4.78, 5) is 38.7. The van der Waals surface area contributed by atoms with Crippen molar-refractivity contribution in [2.24, 2.45) is 5.92 Å². The van der Waals surface area contributed by atoms with Crippen LogP contribution in [0.3, 0.4) is 0 Å². The summed E-state index contributed by atoms with van der Waals surface area (Å²) >= 11 is 5.94. The number of carbonyl (C=O) groups is 3. The fourth-order valence-electron chi connectivity index (χ4n) is 3.35.